The van der Waals surface area contributed by atoms with Gasteiger partial charge in [-0.2, -0.15) is 5.10 Å². The van der Waals surface area contributed by atoms with Crippen molar-refractivity contribution >= 4 is 33.7 Å². The zero-order chi connectivity index (χ0) is 22.2. The maximum absolute atomic E-state index is 5.45. The molecule has 0 amide bonds. The highest BCUT2D eigenvalue weighted by molar-refractivity contribution is 6.10. The first-order valence-corrected chi connectivity index (χ1v) is 11.3. The molecule has 0 bridgehead atoms. The second-order valence-electron chi connectivity index (χ2n) is 8.58. The number of hydrogen-bond donors (Lipinski definition) is 0. The van der Waals surface area contributed by atoms with E-state index in [1.54, 1.807) is 0 Å². The number of aryl methyl sites for hydroxylation is 1. The van der Waals surface area contributed by atoms with Crippen LogP contribution in [0.1, 0.15) is 11.1 Å². The van der Waals surface area contributed by atoms with Gasteiger partial charge in [0.15, 0.2) is 0 Å². The number of benzene rings is 4. The first kappa shape index (κ1) is 19.8. The second-order valence-corrected chi connectivity index (χ2v) is 8.58. The Balaban J connectivity index is 1.42. The van der Waals surface area contributed by atoms with Gasteiger partial charge in [0.25, 0.3) is 0 Å². The highest BCUT2D eigenvalue weighted by atomic mass is 16.6. The molecule has 0 saturated carbocycles. The third kappa shape index (κ3) is 3.90. The molecule has 0 spiro atoms. The number of ether oxygens (including phenoxy) is 1. The van der Waals surface area contributed by atoms with E-state index in [0.717, 1.165) is 24.4 Å². The van der Waals surface area contributed by atoms with Crippen LogP contribution in [-0.4, -0.2) is 30.0 Å². The van der Waals surface area contributed by atoms with Crippen molar-refractivity contribution in [2.75, 3.05) is 18.2 Å². The molecule has 6 rings (SSSR count). The lowest BCUT2D eigenvalue weighted by Gasteiger charge is -2.17. The fraction of sp³-hybridized carbons (Fsp3) is 0.138. The highest BCUT2D eigenvalue weighted by Crippen LogP contribution is 2.32. The van der Waals surface area contributed by atoms with Gasteiger partial charge in [-0.3, -0.25) is 5.01 Å². The SMILES string of the molecule is Cc1ccc(-n2c3ccccc3c3cc(/C=N/N(CC4CO4)c4ccccc4)ccc32)cc1. The van der Waals surface area contributed by atoms with Crippen molar-refractivity contribution in [1.82, 2.24) is 4.57 Å². The summed E-state index contributed by atoms with van der Waals surface area (Å²) in [6, 6.07) is 34.2. The molecule has 162 valence electrons. The van der Waals surface area contributed by atoms with Crippen LogP contribution in [0.15, 0.2) is 102 Å². The van der Waals surface area contributed by atoms with Gasteiger partial charge >= 0.3 is 0 Å². The van der Waals surface area contributed by atoms with Crippen LogP contribution in [0.4, 0.5) is 5.69 Å². The number of aromatic nitrogens is 1. The average molecular weight is 432 g/mol. The van der Waals surface area contributed by atoms with Gasteiger partial charge < -0.3 is 9.30 Å². The van der Waals surface area contributed by atoms with Crippen LogP contribution in [0.25, 0.3) is 27.5 Å². The molecule has 33 heavy (non-hydrogen) atoms. The molecular weight excluding hydrogens is 406 g/mol. The molecule has 0 radical (unpaired) electrons. The van der Waals surface area contributed by atoms with Crippen LogP contribution in [0, 0.1) is 6.92 Å². The van der Waals surface area contributed by atoms with Gasteiger partial charge in [0.2, 0.25) is 0 Å². The van der Waals surface area contributed by atoms with E-state index in [0.29, 0.717) is 0 Å². The van der Waals surface area contributed by atoms with Gasteiger partial charge in [0, 0.05) is 16.5 Å². The Bertz CT molecular complexity index is 1450. The fourth-order valence-corrected chi connectivity index (χ4v) is 4.36. The minimum absolute atomic E-state index is 0.261. The first-order valence-electron chi connectivity index (χ1n) is 11.3. The molecule has 1 fully saturated rings. The largest absolute Gasteiger partial charge is 0.371 e. The Morgan fingerprint density at radius 2 is 1.61 bits per heavy atom. The van der Waals surface area contributed by atoms with E-state index in [1.807, 2.05) is 29.4 Å². The van der Waals surface area contributed by atoms with E-state index in [-0.39, 0.29) is 6.10 Å². The molecule has 1 aliphatic rings. The van der Waals surface area contributed by atoms with Crippen molar-refractivity contribution in [3.63, 3.8) is 0 Å². The van der Waals surface area contributed by atoms with Gasteiger partial charge in [0.05, 0.1) is 36.1 Å². The molecule has 4 nitrogen and oxygen atoms in total. The summed E-state index contributed by atoms with van der Waals surface area (Å²) in [5.74, 6) is 0. The molecule has 2 heterocycles. The summed E-state index contributed by atoms with van der Waals surface area (Å²) in [6.45, 7) is 3.69. The zero-order valence-electron chi connectivity index (χ0n) is 18.6. The van der Waals surface area contributed by atoms with Crippen molar-refractivity contribution in [2.24, 2.45) is 5.10 Å². The summed E-state index contributed by atoms with van der Waals surface area (Å²) < 4.78 is 7.79. The van der Waals surface area contributed by atoms with Crippen molar-refractivity contribution in [2.45, 2.75) is 13.0 Å². The zero-order valence-corrected chi connectivity index (χ0v) is 18.6. The van der Waals surface area contributed by atoms with E-state index in [1.165, 1.54) is 33.1 Å². The summed E-state index contributed by atoms with van der Waals surface area (Å²) in [5, 5.41) is 9.33. The minimum Gasteiger partial charge on any atom is -0.371 e. The first-order chi connectivity index (χ1) is 16.3. The van der Waals surface area contributed by atoms with Crippen LogP contribution < -0.4 is 5.01 Å². The summed E-state index contributed by atoms with van der Waals surface area (Å²) in [6.07, 6.45) is 2.21. The maximum Gasteiger partial charge on any atom is 0.101 e. The third-order valence-electron chi connectivity index (χ3n) is 6.17. The molecule has 1 atom stereocenters. The van der Waals surface area contributed by atoms with E-state index < -0.39 is 0 Å². The van der Waals surface area contributed by atoms with E-state index in [9.17, 15) is 0 Å². The highest BCUT2D eigenvalue weighted by Gasteiger charge is 2.25. The molecule has 4 heteroatoms. The predicted molar refractivity (Wildman–Crippen MR) is 137 cm³/mol. The molecule has 1 aromatic heterocycles. The van der Waals surface area contributed by atoms with Gasteiger partial charge in [-0.1, -0.05) is 60.2 Å². The predicted octanol–water partition coefficient (Wildman–Crippen LogP) is 6.33. The van der Waals surface area contributed by atoms with Crippen LogP contribution in [-0.2, 0) is 4.74 Å². The lowest BCUT2D eigenvalue weighted by molar-refractivity contribution is 0.408. The van der Waals surface area contributed by atoms with Crippen molar-refractivity contribution in [3.8, 4) is 5.69 Å². The van der Waals surface area contributed by atoms with Crippen LogP contribution >= 0.6 is 0 Å². The standard InChI is InChI=1S/C29H25N3O/c1-21-11-14-24(15-12-21)32-28-10-6-5-9-26(28)27-17-22(13-16-29(27)32)18-30-31(19-25-20-33-25)23-7-3-2-4-8-23/h2-18,25H,19-20H2,1H3/b30-18+. The van der Waals surface area contributed by atoms with Crippen LogP contribution in [0.2, 0.25) is 0 Å². The maximum atomic E-state index is 5.45. The number of rotatable bonds is 6. The molecule has 0 aliphatic carbocycles. The average Bonchev–Trinajstić information content (AvgIpc) is 3.63. The molecule has 1 unspecified atom stereocenters. The number of fused-ring (bicyclic) bond motifs is 3. The summed E-state index contributed by atoms with van der Waals surface area (Å²) in [7, 11) is 0. The Morgan fingerprint density at radius 1 is 0.879 bits per heavy atom. The van der Waals surface area contributed by atoms with Gasteiger partial charge in [-0.25, -0.2) is 0 Å². The Hall–Kier alpha value is -3.89. The number of hydrazone groups is 1. The summed E-state index contributed by atoms with van der Waals surface area (Å²) in [5.41, 5.74) is 6.99. The Kier molecular flexibility index (Phi) is 4.93. The van der Waals surface area contributed by atoms with Gasteiger partial charge in [-0.05, 0) is 55.0 Å². The normalized spacial score (nSPS) is 15.5. The number of para-hydroxylation sites is 2. The number of epoxide rings is 1. The smallest absolute Gasteiger partial charge is 0.101 e. The summed E-state index contributed by atoms with van der Waals surface area (Å²) in [4.78, 5) is 0. The van der Waals surface area contributed by atoms with Gasteiger partial charge in [0.1, 0.15) is 6.10 Å². The van der Waals surface area contributed by atoms with Crippen LogP contribution in [0.3, 0.4) is 0 Å². The Labute approximate surface area is 193 Å². The summed E-state index contributed by atoms with van der Waals surface area (Å²) >= 11 is 0. The number of anilines is 1. The van der Waals surface area contributed by atoms with E-state index in [4.69, 9.17) is 9.84 Å². The third-order valence-corrected chi connectivity index (χ3v) is 6.17. The van der Waals surface area contributed by atoms with Gasteiger partial charge in [-0.15, -0.1) is 0 Å². The number of hydrogen-bond acceptors (Lipinski definition) is 3. The molecule has 4 aromatic carbocycles. The molecule has 1 aliphatic heterocycles. The van der Waals surface area contributed by atoms with E-state index >= 15 is 0 Å². The lowest BCUT2D eigenvalue weighted by atomic mass is 10.1. The molecule has 5 aromatic rings. The van der Waals surface area contributed by atoms with Crippen LogP contribution in [0.5, 0.6) is 0 Å². The fourth-order valence-electron chi connectivity index (χ4n) is 4.36. The second kappa shape index (κ2) is 8.23. The van der Waals surface area contributed by atoms with Crippen molar-refractivity contribution in [3.05, 3.63) is 108 Å². The monoisotopic (exact) mass is 431 g/mol. The molecule has 1 saturated heterocycles. The quantitative estimate of drug-likeness (QED) is 0.179. The van der Waals surface area contributed by atoms with Crippen molar-refractivity contribution in [1.29, 1.82) is 0 Å². The van der Waals surface area contributed by atoms with Crippen molar-refractivity contribution < 1.29 is 4.74 Å². The Morgan fingerprint density at radius 3 is 2.39 bits per heavy atom. The molecule has 0 N–H and O–H groups in total. The number of nitrogens with zero attached hydrogens (tertiary/aromatic N) is 3. The lowest BCUT2D eigenvalue weighted by Crippen LogP contribution is -2.22. The molecular formula is C29H25N3O. The minimum atomic E-state index is 0.261. The topological polar surface area (TPSA) is 33.1 Å². The van der Waals surface area contributed by atoms with E-state index in [2.05, 4.69) is 90.4 Å².